The van der Waals surface area contributed by atoms with Gasteiger partial charge in [0.05, 0.1) is 0 Å². The number of carbonyl (C=O) groups excluding carboxylic acids is 2. The highest BCUT2D eigenvalue weighted by molar-refractivity contribution is 5.97. The van der Waals surface area contributed by atoms with Crippen molar-refractivity contribution in [3.8, 4) is 0 Å². The molecule has 1 heterocycles. The van der Waals surface area contributed by atoms with E-state index in [2.05, 4.69) is 15.6 Å². The maximum Gasteiger partial charge on any atom is 0.251 e. The number of amides is 2. The van der Waals surface area contributed by atoms with Crippen molar-refractivity contribution in [3.05, 3.63) is 65.7 Å². The van der Waals surface area contributed by atoms with Gasteiger partial charge in [-0.05, 0) is 42.3 Å². The minimum Gasteiger partial charge on any atom is -0.354 e. The minimum atomic E-state index is -0.665. The third kappa shape index (κ3) is 5.67. The summed E-state index contributed by atoms with van der Waals surface area (Å²) in [7, 11) is 0. The Morgan fingerprint density at radius 3 is 2.44 bits per heavy atom. The molecule has 2 aromatic rings. The van der Waals surface area contributed by atoms with Crippen LogP contribution in [0.4, 0.5) is 4.39 Å². The van der Waals surface area contributed by atoms with Crippen molar-refractivity contribution in [2.45, 2.75) is 26.3 Å². The zero-order valence-corrected chi connectivity index (χ0v) is 14.3. The highest BCUT2D eigenvalue weighted by Gasteiger charge is 2.24. The quantitative estimate of drug-likeness (QED) is 0.811. The lowest BCUT2D eigenvalue weighted by Gasteiger charge is -2.21. The van der Waals surface area contributed by atoms with Crippen molar-refractivity contribution in [2.24, 2.45) is 5.92 Å². The van der Waals surface area contributed by atoms with Crippen LogP contribution in [-0.2, 0) is 11.2 Å². The maximum atomic E-state index is 12.9. The summed E-state index contributed by atoms with van der Waals surface area (Å²) >= 11 is 0. The number of pyridine rings is 1. The minimum absolute atomic E-state index is 0.0840. The largest absolute Gasteiger partial charge is 0.354 e. The van der Waals surface area contributed by atoms with E-state index < -0.39 is 17.8 Å². The Bertz CT molecular complexity index is 702. The summed E-state index contributed by atoms with van der Waals surface area (Å²) in [5.41, 5.74) is 1.20. The summed E-state index contributed by atoms with van der Waals surface area (Å²) in [5, 5.41) is 5.54. The third-order valence-electron chi connectivity index (χ3n) is 3.75. The van der Waals surface area contributed by atoms with Crippen LogP contribution in [0.3, 0.4) is 0 Å². The lowest BCUT2D eigenvalue weighted by atomic mass is 10.0. The van der Waals surface area contributed by atoms with Gasteiger partial charge in [0.25, 0.3) is 5.91 Å². The number of nitrogens with zero attached hydrogens (tertiary/aromatic N) is 1. The van der Waals surface area contributed by atoms with E-state index in [0.717, 1.165) is 5.69 Å². The molecule has 1 aromatic carbocycles. The van der Waals surface area contributed by atoms with Gasteiger partial charge in [0.2, 0.25) is 5.91 Å². The number of aromatic nitrogens is 1. The van der Waals surface area contributed by atoms with E-state index in [9.17, 15) is 14.0 Å². The Balaban J connectivity index is 1.91. The van der Waals surface area contributed by atoms with Gasteiger partial charge in [0.1, 0.15) is 11.9 Å². The molecule has 132 valence electrons. The molecule has 2 N–H and O–H groups in total. The van der Waals surface area contributed by atoms with Gasteiger partial charge in [-0.15, -0.1) is 0 Å². The van der Waals surface area contributed by atoms with Gasteiger partial charge in [-0.3, -0.25) is 14.6 Å². The van der Waals surface area contributed by atoms with Gasteiger partial charge < -0.3 is 10.6 Å². The molecule has 0 aliphatic carbocycles. The first-order chi connectivity index (χ1) is 12.0. The molecule has 2 rings (SSSR count). The maximum absolute atomic E-state index is 12.9. The van der Waals surface area contributed by atoms with Crippen molar-refractivity contribution in [1.82, 2.24) is 15.6 Å². The SMILES string of the molecule is CC(C)C(NC(=O)c1ccc(F)cc1)C(=O)NCCc1ccccn1. The van der Waals surface area contributed by atoms with Crippen LogP contribution < -0.4 is 10.6 Å². The molecule has 0 spiro atoms. The van der Waals surface area contributed by atoms with Gasteiger partial charge in [-0.25, -0.2) is 4.39 Å². The van der Waals surface area contributed by atoms with Crippen LogP contribution >= 0.6 is 0 Å². The van der Waals surface area contributed by atoms with Gasteiger partial charge in [0, 0.05) is 30.4 Å². The van der Waals surface area contributed by atoms with Crippen LogP contribution in [0.1, 0.15) is 29.9 Å². The normalized spacial score (nSPS) is 11.8. The highest BCUT2D eigenvalue weighted by atomic mass is 19.1. The van der Waals surface area contributed by atoms with Gasteiger partial charge in [0.15, 0.2) is 0 Å². The van der Waals surface area contributed by atoms with Crippen LogP contribution in [0.15, 0.2) is 48.7 Å². The molecule has 6 heteroatoms. The van der Waals surface area contributed by atoms with E-state index in [1.165, 1.54) is 24.3 Å². The molecule has 1 unspecified atom stereocenters. The summed E-state index contributed by atoms with van der Waals surface area (Å²) < 4.78 is 12.9. The molecule has 0 saturated heterocycles. The summed E-state index contributed by atoms with van der Waals surface area (Å²) in [6.07, 6.45) is 2.32. The molecule has 1 atom stereocenters. The molecule has 0 aliphatic rings. The molecule has 0 fully saturated rings. The second-order valence-electron chi connectivity index (χ2n) is 6.06. The molecule has 25 heavy (non-hydrogen) atoms. The van der Waals surface area contributed by atoms with Gasteiger partial charge >= 0.3 is 0 Å². The smallest absolute Gasteiger partial charge is 0.251 e. The van der Waals surface area contributed by atoms with E-state index in [-0.39, 0.29) is 11.8 Å². The van der Waals surface area contributed by atoms with Crippen molar-refractivity contribution < 1.29 is 14.0 Å². The van der Waals surface area contributed by atoms with Crippen LogP contribution in [0.2, 0.25) is 0 Å². The van der Waals surface area contributed by atoms with Crippen LogP contribution in [-0.4, -0.2) is 29.4 Å². The van der Waals surface area contributed by atoms with Gasteiger partial charge in [-0.1, -0.05) is 19.9 Å². The molecule has 0 saturated carbocycles. The Labute approximate surface area is 146 Å². The molecule has 1 aromatic heterocycles. The van der Waals surface area contributed by atoms with Crippen LogP contribution in [0, 0.1) is 11.7 Å². The van der Waals surface area contributed by atoms with E-state index in [4.69, 9.17) is 0 Å². The van der Waals surface area contributed by atoms with E-state index in [0.29, 0.717) is 18.5 Å². The van der Waals surface area contributed by atoms with Gasteiger partial charge in [-0.2, -0.15) is 0 Å². The van der Waals surface area contributed by atoms with Crippen molar-refractivity contribution in [3.63, 3.8) is 0 Å². The fourth-order valence-electron chi connectivity index (χ4n) is 2.33. The first-order valence-electron chi connectivity index (χ1n) is 8.21. The third-order valence-corrected chi connectivity index (χ3v) is 3.75. The molecule has 0 aliphatic heterocycles. The molecule has 0 bridgehead atoms. The molecular weight excluding hydrogens is 321 g/mol. The topological polar surface area (TPSA) is 71.1 Å². The standard InChI is InChI=1S/C19H22FN3O2/c1-13(2)17(23-18(24)14-6-8-15(20)9-7-14)19(25)22-12-10-16-5-3-4-11-21-16/h3-9,11,13,17H,10,12H2,1-2H3,(H,22,25)(H,23,24). The fourth-order valence-corrected chi connectivity index (χ4v) is 2.33. The van der Waals surface area contributed by atoms with E-state index in [1.807, 2.05) is 32.0 Å². The lowest BCUT2D eigenvalue weighted by Crippen LogP contribution is -2.50. The number of rotatable bonds is 7. The number of nitrogens with one attached hydrogen (secondary N) is 2. The first-order valence-corrected chi connectivity index (χ1v) is 8.21. The number of carbonyl (C=O) groups is 2. The summed E-state index contributed by atoms with van der Waals surface area (Å²) in [6.45, 7) is 4.15. The average molecular weight is 343 g/mol. The Kier molecular flexibility index (Phi) is 6.62. The van der Waals surface area contributed by atoms with E-state index >= 15 is 0 Å². The number of benzene rings is 1. The summed E-state index contributed by atoms with van der Waals surface area (Å²) in [4.78, 5) is 28.8. The zero-order chi connectivity index (χ0) is 18.2. The predicted molar refractivity (Wildman–Crippen MR) is 93.4 cm³/mol. The van der Waals surface area contributed by atoms with E-state index in [1.54, 1.807) is 6.20 Å². The molecular formula is C19H22FN3O2. The van der Waals surface area contributed by atoms with Crippen molar-refractivity contribution >= 4 is 11.8 Å². The highest BCUT2D eigenvalue weighted by Crippen LogP contribution is 2.07. The Morgan fingerprint density at radius 1 is 1.12 bits per heavy atom. The monoisotopic (exact) mass is 343 g/mol. The predicted octanol–water partition coefficient (Wildman–Crippen LogP) is 2.33. The number of halogens is 1. The molecule has 5 nitrogen and oxygen atoms in total. The average Bonchev–Trinajstić information content (AvgIpc) is 2.60. The molecule has 0 radical (unpaired) electrons. The van der Waals surface area contributed by atoms with Crippen molar-refractivity contribution in [1.29, 1.82) is 0 Å². The first kappa shape index (κ1) is 18.6. The van der Waals surface area contributed by atoms with Crippen LogP contribution in [0.5, 0.6) is 0 Å². The molecule has 2 amide bonds. The summed E-state index contributed by atoms with van der Waals surface area (Å²) in [5.74, 6) is -1.15. The lowest BCUT2D eigenvalue weighted by molar-refractivity contribution is -0.123. The van der Waals surface area contributed by atoms with Crippen molar-refractivity contribution in [2.75, 3.05) is 6.54 Å². The second-order valence-corrected chi connectivity index (χ2v) is 6.06. The fraction of sp³-hybridized carbons (Fsp3) is 0.316. The number of hydrogen-bond acceptors (Lipinski definition) is 3. The van der Waals surface area contributed by atoms with Crippen LogP contribution in [0.25, 0.3) is 0 Å². The summed E-state index contributed by atoms with van der Waals surface area (Å²) in [6, 6.07) is 10.2. The Morgan fingerprint density at radius 2 is 1.84 bits per heavy atom. The Hall–Kier alpha value is -2.76. The number of hydrogen-bond donors (Lipinski definition) is 2. The second kappa shape index (κ2) is 8.92. The zero-order valence-electron chi connectivity index (χ0n) is 14.3.